The van der Waals surface area contributed by atoms with Crippen LogP contribution in [0.25, 0.3) is 0 Å². The van der Waals surface area contributed by atoms with Gasteiger partial charge in [0.25, 0.3) is 0 Å². The molecule has 0 N–H and O–H groups in total. The predicted octanol–water partition coefficient (Wildman–Crippen LogP) is 1.57. The Labute approximate surface area is 143 Å². The molecule has 0 unspecified atom stereocenters. The number of ether oxygens (including phenoxy) is 1. The number of amides is 1. The van der Waals surface area contributed by atoms with E-state index < -0.39 is 10.0 Å². The van der Waals surface area contributed by atoms with Gasteiger partial charge in [-0.25, -0.2) is 8.42 Å². The van der Waals surface area contributed by atoms with E-state index in [2.05, 4.69) is 6.92 Å². The van der Waals surface area contributed by atoms with Crippen LogP contribution in [0.15, 0.2) is 29.2 Å². The second-order valence-corrected chi connectivity index (χ2v) is 8.39. The van der Waals surface area contributed by atoms with E-state index in [4.69, 9.17) is 4.74 Å². The number of hydrogen-bond donors (Lipinski definition) is 0. The Morgan fingerprint density at radius 3 is 2.25 bits per heavy atom. The summed E-state index contributed by atoms with van der Waals surface area (Å²) in [6.07, 6.45) is 0.962. The van der Waals surface area contributed by atoms with Gasteiger partial charge in [-0.05, 0) is 43.5 Å². The highest BCUT2D eigenvalue weighted by Gasteiger charge is 2.42. The molecule has 132 valence electrons. The Morgan fingerprint density at radius 2 is 1.75 bits per heavy atom. The van der Waals surface area contributed by atoms with Gasteiger partial charge < -0.3 is 9.64 Å². The molecule has 6 nitrogen and oxygen atoms in total. The van der Waals surface area contributed by atoms with Crippen LogP contribution in [0.4, 0.5) is 0 Å². The first-order valence-electron chi connectivity index (χ1n) is 8.45. The second kappa shape index (κ2) is 6.72. The molecule has 1 saturated heterocycles. The number of rotatable bonds is 5. The van der Waals surface area contributed by atoms with Crippen molar-refractivity contribution in [1.82, 2.24) is 9.21 Å². The third-order valence-electron chi connectivity index (χ3n) is 4.75. The minimum atomic E-state index is -3.52. The van der Waals surface area contributed by atoms with E-state index in [-0.39, 0.29) is 16.7 Å². The van der Waals surface area contributed by atoms with E-state index in [9.17, 15) is 13.2 Å². The van der Waals surface area contributed by atoms with Crippen LogP contribution in [0.3, 0.4) is 0 Å². The van der Waals surface area contributed by atoms with Gasteiger partial charge in [0.1, 0.15) is 5.75 Å². The highest BCUT2D eigenvalue weighted by molar-refractivity contribution is 7.89. The Balaban J connectivity index is 1.63. The van der Waals surface area contributed by atoms with E-state index in [1.165, 1.54) is 4.31 Å². The molecule has 1 aromatic rings. The van der Waals surface area contributed by atoms with Gasteiger partial charge in [-0.1, -0.05) is 6.92 Å². The fourth-order valence-electron chi connectivity index (χ4n) is 3.07. The molecule has 3 rings (SSSR count). The SMILES string of the molecule is CCOc1ccc(S(=O)(=O)N2CCN(C(=O)[C@H]3C[C@H]3C)CC2)cc1. The first-order valence-corrected chi connectivity index (χ1v) is 9.89. The van der Waals surface area contributed by atoms with Gasteiger partial charge in [-0.15, -0.1) is 0 Å². The monoisotopic (exact) mass is 352 g/mol. The summed E-state index contributed by atoms with van der Waals surface area (Å²) in [5, 5.41) is 0. The summed E-state index contributed by atoms with van der Waals surface area (Å²) >= 11 is 0. The lowest BCUT2D eigenvalue weighted by Crippen LogP contribution is -2.51. The minimum Gasteiger partial charge on any atom is -0.494 e. The van der Waals surface area contributed by atoms with Crippen molar-refractivity contribution in [1.29, 1.82) is 0 Å². The van der Waals surface area contributed by atoms with Crippen LogP contribution < -0.4 is 4.74 Å². The number of hydrogen-bond acceptors (Lipinski definition) is 4. The average Bonchev–Trinajstić information content (AvgIpc) is 3.32. The van der Waals surface area contributed by atoms with Crippen molar-refractivity contribution < 1.29 is 17.9 Å². The van der Waals surface area contributed by atoms with E-state index in [0.717, 1.165) is 6.42 Å². The van der Waals surface area contributed by atoms with Crippen molar-refractivity contribution in [3.8, 4) is 5.75 Å². The molecule has 1 saturated carbocycles. The molecule has 2 fully saturated rings. The molecule has 0 aromatic heterocycles. The van der Waals surface area contributed by atoms with Crippen LogP contribution >= 0.6 is 0 Å². The van der Waals surface area contributed by atoms with Crippen molar-refractivity contribution >= 4 is 15.9 Å². The van der Waals surface area contributed by atoms with Gasteiger partial charge in [-0.3, -0.25) is 4.79 Å². The van der Waals surface area contributed by atoms with Gasteiger partial charge in [0.05, 0.1) is 11.5 Å². The summed E-state index contributed by atoms with van der Waals surface area (Å²) in [6, 6.07) is 6.49. The highest BCUT2D eigenvalue weighted by Crippen LogP contribution is 2.39. The number of piperazine rings is 1. The van der Waals surface area contributed by atoms with Gasteiger partial charge in [0.15, 0.2) is 0 Å². The number of nitrogens with zero attached hydrogens (tertiary/aromatic N) is 2. The summed E-state index contributed by atoms with van der Waals surface area (Å²) in [4.78, 5) is 14.3. The number of benzene rings is 1. The van der Waals surface area contributed by atoms with Crippen LogP contribution in [0.5, 0.6) is 5.75 Å². The summed E-state index contributed by atoms with van der Waals surface area (Å²) in [5.74, 6) is 1.47. The fraction of sp³-hybridized carbons (Fsp3) is 0.588. The lowest BCUT2D eigenvalue weighted by atomic mass is 10.2. The van der Waals surface area contributed by atoms with Crippen LogP contribution in [-0.2, 0) is 14.8 Å². The maximum absolute atomic E-state index is 12.7. The summed E-state index contributed by atoms with van der Waals surface area (Å²) in [6.45, 7) is 6.14. The standard InChI is InChI=1S/C17H24N2O4S/c1-3-23-14-4-6-15(7-5-14)24(21,22)19-10-8-18(9-11-19)17(20)16-12-13(16)2/h4-7,13,16H,3,8-12H2,1-2H3/t13-,16+/m1/s1. The lowest BCUT2D eigenvalue weighted by Gasteiger charge is -2.34. The van der Waals surface area contributed by atoms with Crippen LogP contribution in [0.1, 0.15) is 20.3 Å². The normalized spacial score (nSPS) is 24.7. The molecule has 1 aliphatic heterocycles. The van der Waals surface area contributed by atoms with E-state index in [1.807, 2.05) is 6.92 Å². The van der Waals surface area contributed by atoms with Gasteiger partial charge >= 0.3 is 0 Å². The van der Waals surface area contributed by atoms with Crippen LogP contribution in [0.2, 0.25) is 0 Å². The van der Waals surface area contributed by atoms with Gasteiger partial charge in [0.2, 0.25) is 15.9 Å². The molecule has 0 radical (unpaired) electrons. The Hall–Kier alpha value is -1.60. The van der Waals surface area contributed by atoms with Crippen LogP contribution in [-0.4, -0.2) is 56.3 Å². The Morgan fingerprint density at radius 1 is 1.17 bits per heavy atom. The van der Waals surface area contributed by atoms with Crippen LogP contribution in [0, 0.1) is 11.8 Å². The molecular formula is C17H24N2O4S. The molecule has 1 aliphatic carbocycles. The Kier molecular flexibility index (Phi) is 4.83. The molecule has 0 spiro atoms. The minimum absolute atomic E-state index is 0.152. The molecule has 7 heteroatoms. The van der Waals surface area contributed by atoms with Crippen molar-refractivity contribution in [2.24, 2.45) is 11.8 Å². The largest absolute Gasteiger partial charge is 0.494 e. The van der Waals surface area contributed by atoms with Gasteiger partial charge in [0, 0.05) is 32.1 Å². The summed E-state index contributed by atoms with van der Waals surface area (Å²) in [5.41, 5.74) is 0. The second-order valence-electron chi connectivity index (χ2n) is 6.45. The third kappa shape index (κ3) is 3.42. The first-order chi connectivity index (χ1) is 11.4. The zero-order valence-corrected chi connectivity index (χ0v) is 15.0. The fourth-order valence-corrected chi connectivity index (χ4v) is 4.50. The first kappa shape index (κ1) is 17.2. The van der Waals surface area contributed by atoms with Crippen molar-refractivity contribution in [3.05, 3.63) is 24.3 Å². The van der Waals surface area contributed by atoms with E-state index >= 15 is 0 Å². The molecule has 1 aromatic carbocycles. The molecule has 1 heterocycles. The molecule has 0 bridgehead atoms. The molecule has 1 amide bonds. The third-order valence-corrected chi connectivity index (χ3v) is 6.66. The zero-order chi connectivity index (χ0) is 17.3. The smallest absolute Gasteiger partial charge is 0.243 e. The molecule has 24 heavy (non-hydrogen) atoms. The number of carbonyl (C=O) groups excluding carboxylic acids is 1. The quantitative estimate of drug-likeness (QED) is 0.807. The summed E-state index contributed by atoms with van der Waals surface area (Å²) < 4.78 is 32.2. The predicted molar refractivity (Wildman–Crippen MR) is 90.2 cm³/mol. The molecule has 2 aliphatic rings. The molecule has 2 atom stereocenters. The maximum Gasteiger partial charge on any atom is 0.243 e. The summed E-state index contributed by atoms with van der Waals surface area (Å²) in [7, 11) is -3.52. The van der Waals surface area contributed by atoms with Crippen molar-refractivity contribution in [2.75, 3.05) is 32.8 Å². The van der Waals surface area contributed by atoms with Crippen molar-refractivity contribution in [2.45, 2.75) is 25.2 Å². The average molecular weight is 352 g/mol. The topological polar surface area (TPSA) is 66.9 Å². The maximum atomic E-state index is 12.7. The number of sulfonamides is 1. The van der Waals surface area contributed by atoms with E-state index in [1.54, 1.807) is 29.2 Å². The zero-order valence-electron chi connectivity index (χ0n) is 14.1. The van der Waals surface area contributed by atoms with E-state index in [0.29, 0.717) is 44.5 Å². The highest BCUT2D eigenvalue weighted by atomic mass is 32.2. The molecular weight excluding hydrogens is 328 g/mol. The van der Waals surface area contributed by atoms with Crippen molar-refractivity contribution in [3.63, 3.8) is 0 Å². The Bertz CT molecular complexity index is 694. The number of carbonyl (C=O) groups is 1. The van der Waals surface area contributed by atoms with Gasteiger partial charge in [-0.2, -0.15) is 4.31 Å². The lowest BCUT2D eigenvalue weighted by molar-refractivity contribution is -0.134.